The van der Waals surface area contributed by atoms with Gasteiger partial charge in [-0.1, -0.05) is 91.0 Å². The van der Waals surface area contributed by atoms with Gasteiger partial charge in [-0.15, -0.1) is 0 Å². The van der Waals surface area contributed by atoms with Crippen LogP contribution in [0.5, 0.6) is 0 Å². The predicted octanol–water partition coefficient (Wildman–Crippen LogP) is 12.0. The average molecular weight is 635 g/mol. The van der Waals surface area contributed by atoms with Gasteiger partial charge in [0.05, 0.1) is 0 Å². The van der Waals surface area contributed by atoms with Gasteiger partial charge in [-0.25, -0.2) is 4.70 Å². The van der Waals surface area contributed by atoms with Crippen molar-refractivity contribution in [2.75, 3.05) is 0 Å². The van der Waals surface area contributed by atoms with E-state index < -0.39 is 0 Å². The minimum atomic E-state index is 0. The van der Waals surface area contributed by atoms with Crippen molar-refractivity contribution in [1.82, 2.24) is 0 Å². The molecule has 224 valence electrons. The monoisotopic (exact) mass is 634 g/mol. The van der Waals surface area contributed by atoms with Crippen LogP contribution in [0.25, 0.3) is 16.9 Å². The SMILES string of the molecule is CCCCC1=C(c2cccc(CCCC)c2)[N+](=[N-])C(c2cccc(CCCC)c2)=C1C.[CH2-]CCC.[CH2-]CCC.[Pd+2]. The standard InChI is InChI=1S/C29H38N2.2C4H9.Pd/c1-5-8-13-23-15-11-17-25(20-23)28-22(4)27(19-10-7-3)29(31(28)30)26-18-12-16-24(21-26)14-9-6-2;2*1-3-4-2;/h11-12,15-18,20-21H,5-10,13-14,19H2,1-4H3;2*1,3-4H2,2H3;/q;2*-1;+2. The molecule has 3 heteroatoms. The predicted molar refractivity (Wildman–Crippen MR) is 173 cm³/mol. The molecule has 0 bridgehead atoms. The minimum absolute atomic E-state index is 0. The van der Waals surface area contributed by atoms with Crippen molar-refractivity contribution < 1.29 is 25.1 Å². The van der Waals surface area contributed by atoms with Crippen LogP contribution >= 0.6 is 0 Å². The number of unbranched alkanes of at least 4 members (excludes halogenated alkanes) is 5. The van der Waals surface area contributed by atoms with E-state index in [2.05, 4.69) is 104 Å². The first-order valence-electron chi connectivity index (χ1n) is 15.6. The van der Waals surface area contributed by atoms with Gasteiger partial charge in [-0.2, -0.15) is 12.8 Å². The Balaban J connectivity index is 0.00000149. The van der Waals surface area contributed by atoms with Crippen LogP contribution in [0.2, 0.25) is 0 Å². The maximum atomic E-state index is 11.4. The molecule has 0 spiro atoms. The molecule has 0 unspecified atom stereocenters. The van der Waals surface area contributed by atoms with E-state index in [-0.39, 0.29) is 20.4 Å². The summed E-state index contributed by atoms with van der Waals surface area (Å²) in [5, 5.41) is 0. The number of rotatable bonds is 13. The molecule has 2 nitrogen and oxygen atoms in total. The number of hydrogen-bond acceptors (Lipinski definition) is 0. The fraction of sp³-hybridized carbons (Fsp3) is 0.514. The Morgan fingerprint density at radius 3 is 1.43 bits per heavy atom. The van der Waals surface area contributed by atoms with Gasteiger partial charge in [0.2, 0.25) is 11.4 Å². The third-order valence-electron chi connectivity index (χ3n) is 7.04. The van der Waals surface area contributed by atoms with Gasteiger partial charge in [-0.3, -0.25) is 0 Å². The Morgan fingerprint density at radius 1 is 0.625 bits per heavy atom. The topological polar surface area (TPSA) is 25.3 Å². The van der Waals surface area contributed by atoms with E-state index in [9.17, 15) is 5.53 Å². The third-order valence-corrected chi connectivity index (χ3v) is 7.04. The van der Waals surface area contributed by atoms with E-state index in [4.69, 9.17) is 0 Å². The molecule has 0 atom stereocenters. The first-order chi connectivity index (χ1) is 18.9. The summed E-state index contributed by atoms with van der Waals surface area (Å²) in [4.78, 5) is 0. The zero-order valence-electron chi connectivity index (χ0n) is 26.4. The second kappa shape index (κ2) is 22.8. The first-order valence-corrected chi connectivity index (χ1v) is 15.6. The Hall–Kier alpha value is -1.82. The summed E-state index contributed by atoms with van der Waals surface area (Å²) < 4.78 is 1.47. The van der Waals surface area contributed by atoms with Gasteiger partial charge < -0.3 is 19.4 Å². The Kier molecular flexibility index (Phi) is 21.8. The summed E-state index contributed by atoms with van der Waals surface area (Å²) in [6, 6.07) is 17.5. The third kappa shape index (κ3) is 12.4. The summed E-state index contributed by atoms with van der Waals surface area (Å²) in [6.45, 7) is 20.3. The molecule has 0 radical (unpaired) electrons. The molecule has 40 heavy (non-hydrogen) atoms. The van der Waals surface area contributed by atoms with Crippen molar-refractivity contribution in [1.29, 1.82) is 0 Å². The van der Waals surface area contributed by atoms with Crippen LogP contribution in [-0.2, 0) is 33.3 Å². The van der Waals surface area contributed by atoms with E-state index in [0.717, 1.165) is 67.5 Å². The number of benzene rings is 2. The van der Waals surface area contributed by atoms with Crippen molar-refractivity contribution in [2.24, 2.45) is 0 Å². The second-order valence-electron chi connectivity index (χ2n) is 10.5. The van der Waals surface area contributed by atoms with E-state index in [1.807, 2.05) is 0 Å². The van der Waals surface area contributed by atoms with E-state index in [1.165, 1.54) is 65.5 Å². The van der Waals surface area contributed by atoms with Gasteiger partial charge in [0.25, 0.3) is 0 Å². The smallest absolute Gasteiger partial charge is 0.493 e. The van der Waals surface area contributed by atoms with Gasteiger partial charge in [-0.05, 0) is 80.8 Å². The summed E-state index contributed by atoms with van der Waals surface area (Å²) in [5.41, 5.74) is 20.8. The first kappa shape index (κ1) is 38.2. The van der Waals surface area contributed by atoms with E-state index >= 15 is 0 Å². The molecule has 0 aromatic heterocycles. The fourth-order valence-electron chi connectivity index (χ4n) is 4.52. The molecule has 3 rings (SSSR count). The average Bonchev–Trinajstić information content (AvgIpc) is 3.22. The van der Waals surface area contributed by atoms with Crippen molar-refractivity contribution in [2.45, 2.75) is 125 Å². The molecule has 0 amide bonds. The van der Waals surface area contributed by atoms with Crippen LogP contribution in [0.3, 0.4) is 0 Å². The van der Waals surface area contributed by atoms with Crippen LogP contribution in [-0.4, -0.2) is 4.70 Å². The zero-order valence-corrected chi connectivity index (χ0v) is 28.0. The van der Waals surface area contributed by atoms with Crippen molar-refractivity contribution in [3.8, 4) is 0 Å². The number of hydrogen-bond donors (Lipinski definition) is 0. The zero-order chi connectivity index (χ0) is 29.0. The van der Waals surface area contributed by atoms with Crippen LogP contribution in [0.15, 0.2) is 59.7 Å². The summed E-state index contributed by atoms with van der Waals surface area (Å²) in [7, 11) is 0. The molecule has 0 saturated carbocycles. The fourth-order valence-corrected chi connectivity index (χ4v) is 4.52. The molecule has 2 aromatic rings. The molecular weight excluding hydrogens is 579 g/mol. The molecule has 0 aliphatic carbocycles. The Morgan fingerprint density at radius 2 is 1.02 bits per heavy atom. The molecule has 1 aliphatic heterocycles. The van der Waals surface area contributed by atoms with Gasteiger partial charge in [0.1, 0.15) is 0 Å². The summed E-state index contributed by atoms with van der Waals surface area (Å²) >= 11 is 0. The quantitative estimate of drug-likeness (QED) is 0.119. The van der Waals surface area contributed by atoms with Crippen LogP contribution in [0, 0.1) is 13.8 Å². The summed E-state index contributed by atoms with van der Waals surface area (Å²) in [6.07, 6.45) is 14.8. The van der Waals surface area contributed by atoms with Crippen LogP contribution < -0.4 is 0 Å². The van der Waals surface area contributed by atoms with Crippen molar-refractivity contribution in [3.63, 3.8) is 0 Å². The molecule has 0 N–H and O–H groups in total. The normalized spacial score (nSPS) is 12.4. The molecule has 0 fully saturated rings. The van der Waals surface area contributed by atoms with Crippen LogP contribution in [0.1, 0.15) is 134 Å². The molecule has 0 saturated heterocycles. The number of aryl methyl sites for hydroxylation is 2. The van der Waals surface area contributed by atoms with Gasteiger partial charge >= 0.3 is 20.4 Å². The Labute approximate surface area is 261 Å². The molecular formula is C37H56N2Pd. The molecule has 2 aromatic carbocycles. The molecule has 1 heterocycles. The van der Waals surface area contributed by atoms with Crippen molar-refractivity contribution in [3.05, 3.63) is 101 Å². The largest absolute Gasteiger partial charge is 2.00 e. The molecule has 1 aliphatic rings. The van der Waals surface area contributed by atoms with Crippen molar-refractivity contribution >= 4 is 11.4 Å². The minimum Gasteiger partial charge on any atom is -0.493 e. The van der Waals surface area contributed by atoms with Gasteiger partial charge in [0.15, 0.2) is 0 Å². The number of allylic oxidation sites excluding steroid dienone is 2. The van der Waals surface area contributed by atoms with E-state index in [1.54, 1.807) is 0 Å². The number of nitrogens with zero attached hydrogens (tertiary/aromatic N) is 2. The van der Waals surface area contributed by atoms with E-state index in [0.29, 0.717) is 0 Å². The van der Waals surface area contributed by atoms with Gasteiger partial charge in [0, 0.05) is 22.3 Å². The van der Waals surface area contributed by atoms with Crippen LogP contribution in [0.4, 0.5) is 0 Å². The maximum absolute atomic E-state index is 11.4. The Bertz CT molecular complexity index is 1040. The second-order valence-corrected chi connectivity index (χ2v) is 10.5. The maximum Gasteiger partial charge on any atom is 2.00 e. The summed E-state index contributed by atoms with van der Waals surface area (Å²) in [5.74, 6) is 0.